The van der Waals surface area contributed by atoms with Crippen LogP contribution in [0.4, 0.5) is 10.1 Å². The molecule has 0 aliphatic rings. The predicted octanol–water partition coefficient (Wildman–Crippen LogP) is 2.70. The molecule has 0 fully saturated rings. The molecule has 0 radical (unpaired) electrons. The van der Waals surface area contributed by atoms with Crippen LogP contribution in [0.3, 0.4) is 0 Å². The number of hydrogen-bond acceptors (Lipinski definition) is 6. The standard InChI is InChI=1S/C13H10FN5O2S/c1-18-12-9(5-17-18)13(16-7-15-12)22-6-8-2-3-11(19(20)21)10(14)4-8/h2-5,7H,6H2,1H3. The average molecular weight is 319 g/mol. The summed E-state index contributed by atoms with van der Waals surface area (Å²) < 4.78 is 15.2. The zero-order valence-corrected chi connectivity index (χ0v) is 12.2. The van der Waals surface area contributed by atoms with Gasteiger partial charge in [0.2, 0.25) is 5.82 Å². The van der Waals surface area contributed by atoms with Gasteiger partial charge in [-0.1, -0.05) is 6.07 Å². The summed E-state index contributed by atoms with van der Waals surface area (Å²) in [5, 5.41) is 16.3. The molecule has 2 aromatic heterocycles. The Labute approximate surface area is 128 Å². The molecule has 0 aliphatic heterocycles. The van der Waals surface area contributed by atoms with Crippen LogP contribution in [0.2, 0.25) is 0 Å². The first kappa shape index (κ1) is 14.4. The molecule has 0 bridgehead atoms. The van der Waals surface area contributed by atoms with E-state index < -0.39 is 16.4 Å². The van der Waals surface area contributed by atoms with Crippen LogP contribution in [-0.4, -0.2) is 24.7 Å². The Hall–Kier alpha value is -2.55. The van der Waals surface area contributed by atoms with Crippen LogP contribution in [0.25, 0.3) is 11.0 Å². The Morgan fingerprint density at radius 1 is 1.41 bits per heavy atom. The molecule has 0 amide bonds. The van der Waals surface area contributed by atoms with Crippen LogP contribution in [0.5, 0.6) is 0 Å². The predicted molar refractivity (Wildman–Crippen MR) is 78.9 cm³/mol. The monoisotopic (exact) mass is 319 g/mol. The summed E-state index contributed by atoms with van der Waals surface area (Å²) in [7, 11) is 1.79. The van der Waals surface area contributed by atoms with Gasteiger partial charge in [0.1, 0.15) is 11.4 Å². The van der Waals surface area contributed by atoms with E-state index in [2.05, 4.69) is 15.1 Å². The highest BCUT2D eigenvalue weighted by molar-refractivity contribution is 7.98. The Bertz CT molecular complexity index is 867. The number of aryl methyl sites for hydroxylation is 1. The number of fused-ring (bicyclic) bond motifs is 1. The van der Waals surface area contributed by atoms with E-state index in [0.29, 0.717) is 17.0 Å². The van der Waals surface area contributed by atoms with E-state index in [1.807, 2.05) is 0 Å². The zero-order valence-electron chi connectivity index (χ0n) is 11.4. The topological polar surface area (TPSA) is 86.7 Å². The molecule has 0 N–H and O–H groups in total. The third kappa shape index (κ3) is 2.62. The Morgan fingerprint density at radius 2 is 2.23 bits per heavy atom. The lowest BCUT2D eigenvalue weighted by molar-refractivity contribution is -0.387. The summed E-state index contributed by atoms with van der Waals surface area (Å²) in [4.78, 5) is 18.2. The van der Waals surface area contributed by atoms with Crippen molar-refractivity contribution in [2.45, 2.75) is 10.8 Å². The molecule has 1 aromatic carbocycles. The Kier molecular flexibility index (Phi) is 3.72. The molecule has 0 spiro atoms. The van der Waals surface area contributed by atoms with Crippen molar-refractivity contribution in [3.8, 4) is 0 Å². The Morgan fingerprint density at radius 3 is 2.95 bits per heavy atom. The highest BCUT2D eigenvalue weighted by atomic mass is 32.2. The number of benzene rings is 1. The van der Waals surface area contributed by atoms with Crippen molar-refractivity contribution < 1.29 is 9.31 Å². The van der Waals surface area contributed by atoms with Crippen molar-refractivity contribution >= 4 is 28.5 Å². The second kappa shape index (κ2) is 5.68. The number of rotatable bonds is 4. The largest absolute Gasteiger partial charge is 0.304 e. The highest BCUT2D eigenvalue weighted by Crippen LogP contribution is 2.28. The first-order chi connectivity index (χ1) is 10.6. The maximum atomic E-state index is 13.6. The van der Waals surface area contributed by atoms with E-state index in [1.165, 1.54) is 36.3 Å². The van der Waals surface area contributed by atoms with E-state index >= 15 is 0 Å². The van der Waals surface area contributed by atoms with Gasteiger partial charge in [-0.25, -0.2) is 9.97 Å². The van der Waals surface area contributed by atoms with Crippen molar-refractivity contribution in [3.05, 3.63) is 52.2 Å². The summed E-state index contributed by atoms with van der Waals surface area (Å²) in [5.41, 5.74) is 0.835. The fraction of sp³-hybridized carbons (Fsp3) is 0.154. The smallest absolute Gasteiger partial charge is 0.258 e. The third-order valence-corrected chi connectivity index (χ3v) is 4.15. The molecule has 0 saturated carbocycles. The van der Waals surface area contributed by atoms with Crippen molar-refractivity contribution in [3.63, 3.8) is 0 Å². The molecule has 7 nitrogen and oxygen atoms in total. The van der Waals surface area contributed by atoms with Crippen molar-refractivity contribution in [1.82, 2.24) is 19.7 Å². The van der Waals surface area contributed by atoms with Crippen LogP contribution in [0, 0.1) is 15.9 Å². The molecule has 3 aromatic rings. The van der Waals surface area contributed by atoms with Gasteiger partial charge in [-0.05, 0) is 11.6 Å². The fourth-order valence-electron chi connectivity index (χ4n) is 2.00. The quantitative estimate of drug-likeness (QED) is 0.318. The van der Waals surface area contributed by atoms with Crippen LogP contribution in [0.15, 0.2) is 35.7 Å². The molecular formula is C13H10FN5O2S. The van der Waals surface area contributed by atoms with Crippen LogP contribution in [0.1, 0.15) is 5.56 Å². The number of nitro groups is 1. The lowest BCUT2D eigenvalue weighted by Crippen LogP contribution is -1.94. The zero-order chi connectivity index (χ0) is 15.7. The fourth-order valence-corrected chi connectivity index (χ4v) is 2.90. The van der Waals surface area contributed by atoms with Gasteiger partial charge >= 0.3 is 5.69 Å². The summed E-state index contributed by atoms with van der Waals surface area (Å²) >= 11 is 1.40. The van der Waals surface area contributed by atoms with E-state index in [1.54, 1.807) is 17.9 Å². The SMILES string of the molecule is Cn1ncc2c(SCc3ccc([N+](=O)[O-])c(F)c3)ncnc21. The normalized spacial score (nSPS) is 11.0. The molecule has 2 heterocycles. The maximum Gasteiger partial charge on any atom is 0.304 e. The third-order valence-electron chi connectivity index (χ3n) is 3.08. The molecule has 3 rings (SSSR count). The molecule has 0 aliphatic carbocycles. The molecule has 9 heteroatoms. The van der Waals surface area contributed by atoms with E-state index in [-0.39, 0.29) is 0 Å². The molecular weight excluding hydrogens is 309 g/mol. The second-order valence-electron chi connectivity index (χ2n) is 4.52. The molecule has 0 saturated heterocycles. The average Bonchev–Trinajstić information content (AvgIpc) is 2.87. The van der Waals surface area contributed by atoms with Crippen molar-refractivity contribution in [2.24, 2.45) is 7.05 Å². The number of nitro benzene ring substituents is 1. The van der Waals surface area contributed by atoms with Gasteiger partial charge in [0, 0.05) is 18.9 Å². The highest BCUT2D eigenvalue weighted by Gasteiger charge is 2.14. The number of hydrogen-bond donors (Lipinski definition) is 0. The minimum Gasteiger partial charge on any atom is -0.258 e. The summed E-state index contributed by atoms with van der Waals surface area (Å²) in [5.74, 6) is -0.395. The summed E-state index contributed by atoms with van der Waals surface area (Å²) in [6.07, 6.45) is 3.12. The van der Waals surface area contributed by atoms with Crippen molar-refractivity contribution in [1.29, 1.82) is 0 Å². The van der Waals surface area contributed by atoms with Gasteiger partial charge in [-0.3, -0.25) is 14.8 Å². The van der Waals surface area contributed by atoms with E-state index in [0.717, 1.165) is 10.4 Å². The van der Waals surface area contributed by atoms with Crippen LogP contribution >= 0.6 is 11.8 Å². The second-order valence-corrected chi connectivity index (χ2v) is 5.48. The van der Waals surface area contributed by atoms with Gasteiger partial charge in [0.15, 0.2) is 5.65 Å². The molecule has 0 atom stereocenters. The van der Waals surface area contributed by atoms with Crippen LogP contribution in [-0.2, 0) is 12.8 Å². The maximum absolute atomic E-state index is 13.6. The summed E-state index contributed by atoms with van der Waals surface area (Å²) in [6.45, 7) is 0. The molecule has 22 heavy (non-hydrogen) atoms. The van der Waals surface area contributed by atoms with E-state index in [4.69, 9.17) is 0 Å². The minimum atomic E-state index is -0.836. The van der Waals surface area contributed by atoms with Crippen molar-refractivity contribution in [2.75, 3.05) is 0 Å². The molecule has 112 valence electrons. The summed E-state index contributed by atoms with van der Waals surface area (Å²) in [6, 6.07) is 3.88. The Balaban J connectivity index is 1.82. The number of halogens is 1. The van der Waals surface area contributed by atoms with Gasteiger partial charge < -0.3 is 0 Å². The van der Waals surface area contributed by atoms with Gasteiger partial charge in [-0.2, -0.15) is 9.49 Å². The molecule has 0 unspecified atom stereocenters. The lowest BCUT2D eigenvalue weighted by atomic mass is 10.2. The van der Waals surface area contributed by atoms with Gasteiger partial charge in [0.25, 0.3) is 0 Å². The lowest BCUT2D eigenvalue weighted by Gasteiger charge is -2.03. The number of aromatic nitrogens is 4. The van der Waals surface area contributed by atoms with Gasteiger partial charge in [0.05, 0.1) is 16.5 Å². The first-order valence-electron chi connectivity index (χ1n) is 6.24. The minimum absolute atomic E-state index is 0.440. The van der Waals surface area contributed by atoms with Crippen LogP contribution < -0.4 is 0 Å². The number of thioether (sulfide) groups is 1. The van der Waals surface area contributed by atoms with Gasteiger partial charge in [-0.15, -0.1) is 11.8 Å². The first-order valence-corrected chi connectivity index (χ1v) is 7.23. The van der Waals surface area contributed by atoms with E-state index in [9.17, 15) is 14.5 Å². The number of nitrogens with zero attached hydrogens (tertiary/aromatic N) is 5.